The van der Waals surface area contributed by atoms with E-state index >= 15 is 0 Å². The lowest BCUT2D eigenvalue weighted by Gasteiger charge is -2.38. The van der Waals surface area contributed by atoms with E-state index in [-0.39, 0.29) is 0 Å². The molecule has 0 bridgehead atoms. The SMILES string of the molecule is C[N-]C1CCC2=C(C1)C(OC)CC=C2. The molecule has 2 heteroatoms. The van der Waals surface area contributed by atoms with Gasteiger partial charge in [0.25, 0.3) is 0 Å². The summed E-state index contributed by atoms with van der Waals surface area (Å²) < 4.78 is 5.50. The predicted molar refractivity (Wildman–Crippen MR) is 58.5 cm³/mol. The molecule has 14 heavy (non-hydrogen) atoms. The molecule has 0 fully saturated rings. The number of nitrogens with zero attached hydrogens (tertiary/aromatic N) is 1. The maximum absolute atomic E-state index is 5.50. The van der Waals surface area contributed by atoms with Gasteiger partial charge in [0.2, 0.25) is 0 Å². The fourth-order valence-electron chi connectivity index (χ4n) is 2.43. The Morgan fingerprint density at radius 3 is 3.07 bits per heavy atom. The highest BCUT2D eigenvalue weighted by molar-refractivity contribution is 5.36. The van der Waals surface area contributed by atoms with Gasteiger partial charge in [0, 0.05) is 7.11 Å². The first-order chi connectivity index (χ1) is 6.85. The normalized spacial score (nSPS) is 31.9. The number of hydrogen-bond acceptors (Lipinski definition) is 1. The van der Waals surface area contributed by atoms with Crippen molar-refractivity contribution >= 4 is 0 Å². The first kappa shape index (κ1) is 9.94. The van der Waals surface area contributed by atoms with Crippen LogP contribution in [0, 0.1) is 0 Å². The molecule has 0 aromatic rings. The molecule has 0 aromatic carbocycles. The van der Waals surface area contributed by atoms with Crippen LogP contribution in [0.1, 0.15) is 25.7 Å². The van der Waals surface area contributed by atoms with E-state index in [0.29, 0.717) is 12.1 Å². The lowest BCUT2D eigenvalue weighted by Crippen LogP contribution is -2.24. The fraction of sp³-hybridized carbons (Fsp3) is 0.667. The summed E-state index contributed by atoms with van der Waals surface area (Å²) in [5.74, 6) is 0. The zero-order valence-corrected chi connectivity index (χ0v) is 8.99. The van der Waals surface area contributed by atoms with Crippen LogP contribution in [0.3, 0.4) is 0 Å². The molecule has 0 saturated heterocycles. The summed E-state index contributed by atoms with van der Waals surface area (Å²) in [6.45, 7) is 0. The molecule has 0 N–H and O–H groups in total. The largest absolute Gasteiger partial charge is 0.662 e. The Morgan fingerprint density at radius 1 is 1.50 bits per heavy atom. The molecule has 2 aliphatic carbocycles. The van der Waals surface area contributed by atoms with Crippen LogP contribution in [0.2, 0.25) is 0 Å². The second-order valence-electron chi connectivity index (χ2n) is 4.07. The zero-order valence-electron chi connectivity index (χ0n) is 8.99. The number of allylic oxidation sites excluding steroid dienone is 2. The average molecular weight is 192 g/mol. The van der Waals surface area contributed by atoms with Crippen LogP contribution >= 0.6 is 0 Å². The molecule has 2 aliphatic rings. The highest BCUT2D eigenvalue weighted by Gasteiger charge is 2.23. The molecule has 0 amide bonds. The average Bonchev–Trinajstić information content (AvgIpc) is 2.27. The van der Waals surface area contributed by atoms with Crippen molar-refractivity contribution in [1.29, 1.82) is 0 Å². The molecule has 2 atom stereocenters. The van der Waals surface area contributed by atoms with Gasteiger partial charge in [-0.1, -0.05) is 18.6 Å². The Labute approximate surface area is 86.0 Å². The first-order valence-electron chi connectivity index (χ1n) is 5.35. The Kier molecular flexibility index (Phi) is 3.04. The van der Waals surface area contributed by atoms with E-state index in [0.717, 1.165) is 12.8 Å². The summed E-state index contributed by atoms with van der Waals surface area (Å²) in [4.78, 5) is 0. The highest BCUT2D eigenvalue weighted by Crippen LogP contribution is 2.35. The summed E-state index contributed by atoms with van der Waals surface area (Å²) in [6, 6.07) is 0.526. The molecule has 2 unspecified atom stereocenters. The van der Waals surface area contributed by atoms with Crippen LogP contribution in [0.5, 0.6) is 0 Å². The van der Waals surface area contributed by atoms with Crippen molar-refractivity contribution in [3.63, 3.8) is 0 Å². The Hall–Kier alpha value is -0.600. The third-order valence-corrected chi connectivity index (χ3v) is 3.32. The monoisotopic (exact) mass is 192 g/mol. The van der Waals surface area contributed by atoms with Crippen LogP contribution < -0.4 is 0 Å². The van der Waals surface area contributed by atoms with E-state index < -0.39 is 0 Å². The maximum Gasteiger partial charge on any atom is 0.0820 e. The van der Waals surface area contributed by atoms with Crippen molar-refractivity contribution in [2.45, 2.75) is 37.8 Å². The van der Waals surface area contributed by atoms with Crippen LogP contribution in [0.25, 0.3) is 5.32 Å². The Morgan fingerprint density at radius 2 is 2.36 bits per heavy atom. The minimum atomic E-state index is 0.319. The van der Waals surface area contributed by atoms with Crippen molar-refractivity contribution < 1.29 is 4.74 Å². The maximum atomic E-state index is 5.50. The Bertz CT molecular complexity index is 267. The molecule has 2 nitrogen and oxygen atoms in total. The molecule has 0 spiro atoms. The molecule has 0 heterocycles. The van der Waals surface area contributed by atoms with E-state index in [1.54, 1.807) is 7.11 Å². The second kappa shape index (κ2) is 4.28. The summed E-state index contributed by atoms with van der Waals surface area (Å²) in [5, 5.41) is 4.39. The lowest BCUT2D eigenvalue weighted by molar-refractivity contribution is 0.127. The van der Waals surface area contributed by atoms with Gasteiger partial charge < -0.3 is 10.1 Å². The van der Waals surface area contributed by atoms with Crippen LogP contribution in [-0.4, -0.2) is 26.3 Å². The van der Waals surface area contributed by atoms with Crippen molar-refractivity contribution in [1.82, 2.24) is 0 Å². The van der Waals surface area contributed by atoms with E-state index in [1.165, 1.54) is 24.0 Å². The van der Waals surface area contributed by atoms with Crippen molar-refractivity contribution in [3.05, 3.63) is 28.6 Å². The third-order valence-electron chi connectivity index (χ3n) is 3.32. The van der Waals surface area contributed by atoms with Crippen LogP contribution in [0.15, 0.2) is 23.3 Å². The van der Waals surface area contributed by atoms with Gasteiger partial charge in [0.05, 0.1) is 6.10 Å². The predicted octanol–water partition coefficient (Wildman–Crippen LogP) is 2.81. The quantitative estimate of drug-likeness (QED) is 0.660. The number of rotatable bonds is 2. The summed E-state index contributed by atoms with van der Waals surface area (Å²) >= 11 is 0. The minimum absolute atomic E-state index is 0.319. The van der Waals surface area contributed by atoms with Crippen molar-refractivity contribution in [2.24, 2.45) is 0 Å². The summed E-state index contributed by atoms with van der Waals surface area (Å²) in [5.41, 5.74) is 3.00. The van der Waals surface area contributed by atoms with Gasteiger partial charge in [-0.15, -0.1) is 6.04 Å². The van der Waals surface area contributed by atoms with Crippen LogP contribution in [-0.2, 0) is 4.74 Å². The molecule has 2 rings (SSSR count). The van der Waals surface area contributed by atoms with Crippen molar-refractivity contribution in [2.75, 3.05) is 14.2 Å². The minimum Gasteiger partial charge on any atom is -0.662 e. The zero-order chi connectivity index (χ0) is 9.97. The molecule has 78 valence electrons. The van der Waals surface area contributed by atoms with Gasteiger partial charge in [0.1, 0.15) is 0 Å². The van der Waals surface area contributed by atoms with Crippen molar-refractivity contribution in [3.8, 4) is 0 Å². The topological polar surface area (TPSA) is 23.3 Å². The van der Waals surface area contributed by atoms with Gasteiger partial charge in [-0.2, -0.15) is 7.05 Å². The van der Waals surface area contributed by atoms with Gasteiger partial charge in [-0.05, 0) is 30.4 Å². The summed E-state index contributed by atoms with van der Waals surface area (Å²) in [6.07, 6.45) is 9.34. The van der Waals surface area contributed by atoms with E-state index in [4.69, 9.17) is 4.74 Å². The second-order valence-corrected chi connectivity index (χ2v) is 4.07. The van der Waals surface area contributed by atoms with Gasteiger partial charge in [-0.3, -0.25) is 0 Å². The van der Waals surface area contributed by atoms with Gasteiger partial charge in [-0.25, -0.2) is 0 Å². The van der Waals surface area contributed by atoms with Gasteiger partial charge >= 0.3 is 0 Å². The van der Waals surface area contributed by atoms with E-state index in [2.05, 4.69) is 17.5 Å². The number of hydrogen-bond donors (Lipinski definition) is 0. The number of ether oxygens (including phenoxy) is 1. The van der Waals surface area contributed by atoms with Gasteiger partial charge in [0.15, 0.2) is 0 Å². The van der Waals surface area contributed by atoms with E-state index in [9.17, 15) is 0 Å². The first-order valence-corrected chi connectivity index (χ1v) is 5.35. The summed E-state index contributed by atoms with van der Waals surface area (Å²) in [7, 11) is 3.73. The third kappa shape index (κ3) is 1.77. The standard InChI is InChI=1S/C12H18NO/c1-13-10-7-6-9-4-3-5-12(14-2)11(9)8-10/h3-4,10,12H,5-8H2,1-2H3/q-1. The smallest absolute Gasteiger partial charge is 0.0820 e. The molecule has 0 aliphatic heterocycles. The molecular formula is C12H18NO-. The van der Waals surface area contributed by atoms with E-state index in [1.807, 2.05) is 7.05 Å². The number of methoxy groups -OCH3 is 1. The Balaban J connectivity index is 2.17. The molecule has 0 saturated carbocycles. The highest BCUT2D eigenvalue weighted by atomic mass is 16.5. The fourth-order valence-corrected chi connectivity index (χ4v) is 2.43. The van der Waals surface area contributed by atoms with Crippen LogP contribution in [0.4, 0.5) is 0 Å². The lowest BCUT2D eigenvalue weighted by atomic mass is 9.82. The molecular weight excluding hydrogens is 174 g/mol. The molecule has 0 radical (unpaired) electrons. The molecule has 0 aromatic heterocycles.